The highest BCUT2D eigenvalue weighted by molar-refractivity contribution is 6.12. The van der Waals surface area contributed by atoms with Gasteiger partial charge >= 0.3 is 0 Å². The molecule has 1 atom stereocenters. The van der Waals surface area contributed by atoms with E-state index in [2.05, 4.69) is 0 Å². The van der Waals surface area contributed by atoms with Crippen molar-refractivity contribution in [2.45, 2.75) is 12.0 Å². The third-order valence-electron chi connectivity index (χ3n) is 5.41. The molecule has 1 N–H and O–H groups in total. The molecule has 7 heteroatoms. The molecule has 31 heavy (non-hydrogen) atoms. The number of nitro benzene ring substituents is 1. The summed E-state index contributed by atoms with van der Waals surface area (Å²) in [5.74, 6) is -0.605. The van der Waals surface area contributed by atoms with Crippen molar-refractivity contribution in [1.82, 2.24) is 4.90 Å². The van der Waals surface area contributed by atoms with Crippen molar-refractivity contribution >= 4 is 17.3 Å². The number of hydrogen-bond donors (Lipinski definition) is 1. The van der Waals surface area contributed by atoms with E-state index in [1.807, 2.05) is 25.1 Å². The Kier molecular flexibility index (Phi) is 6.27. The van der Waals surface area contributed by atoms with Gasteiger partial charge in [-0.3, -0.25) is 24.6 Å². The maximum absolute atomic E-state index is 13.0. The Morgan fingerprint density at radius 3 is 2.29 bits per heavy atom. The summed E-state index contributed by atoms with van der Waals surface area (Å²) in [6.45, 7) is 0. The summed E-state index contributed by atoms with van der Waals surface area (Å²) in [5.41, 5.74) is 0.638. The molecule has 158 valence electrons. The van der Waals surface area contributed by atoms with Gasteiger partial charge in [-0.25, -0.2) is 0 Å². The number of likely N-dealkylation sites (N-methyl/N-ethyl adjacent to an activating group) is 1. The minimum Gasteiger partial charge on any atom is -0.515 e. The maximum Gasteiger partial charge on any atom is 0.269 e. The van der Waals surface area contributed by atoms with Gasteiger partial charge in [0.15, 0.2) is 11.6 Å². The van der Waals surface area contributed by atoms with Crippen LogP contribution in [-0.2, 0) is 10.3 Å². The molecule has 1 aliphatic rings. The number of hydrogen-bond acceptors (Lipinski definition) is 6. The van der Waals surface area contributed by atoms with Crippen LogP contribution in [0.3, 0.4) is 0 Å². The van der Waals surface area contributed by atoms with Crippen molar-refractivity contribution in [2.24, 2.45) is 0 Å². The molecule has 0 bridgehead atoms. The van der Waals surface area contributed by atoms with Crippen LogP contribution in [0.15, 0.2) is 90.2 Å². The first-order valence-electron chi connectivity index (χ1n) is 9.59. The first kappa shape index (κ1) is 21.9. The fourth-order valence-electron chi connectivity index (χ4n) is 3.58. The minimum atomic E-state index is -0.782. The van der Waals surface area contributed by atoms with Crippen molar-refractivity contribution < 1.29 is 19.6 Å². The Labute approximate surface area is 179 Å². The summed E-state index contributed by atoms with van der Waals surface area (Å²) in [4.78, 5) is 38.0. The van der Waals surface area contributed by atoms with E-state index in [0.29, 0.717) is 17.4 Å². The lowest BCUT2D eigenvalue weighted by molar-refractivity contribution is -0.384. The van der Waals surface area contributed by atoms with Gasteiger partial charge in [-0.15, -0.1) is 0 Å². The predicted octanol–water partition coefficient (Wildman–Crippen LogP) is 4.13. The van der Waals surface area contributed by atoms with Crippen LogP contribution >= 0.6 is 0 Å². The molecule has 0 heterocycles. The second kappa shape index (κ2) is 8.89. The molecule has 2 aromatic carbocycles. The van der Waals surface area contributed by atoms with E-state index in [1.54, 1.807) is 48.5 Å². The van der Waals surface area contributed by atoms with E-state index < -0.39 is 16.2 Å². The number of Topliss-reactive ketones (excluding diaryl/α,β-unsaturated/α-hetero) is 2. The second-order valence-corrected chi connectivity index (χ2v) is 7.44. The Balaban J connectivity index is 1.96. The number of nitrogens with zero attached hydrogens (tertiary/aromatic N) is 2. The van der Waals surface area contributed by atoms with Gasteiger partial charge in [0.1, 0.15) is 0 Å². The zero-order valence-electron chi connectivity index (χ0n) is 17.2. The third-order valence-corrected chi connectivity index (χ3v) is 5.41. The van der Waals surface area contributed by atoms with Crippen molar-refractivity contribution in [2.75, 3.05) is 14.1 Å². The molecule has 0 aliphatic heterocycles. The summed E-state index contributed by atoms with van der Waals surface area (Å²) in [6.07, 6.45) is 5.62. The van der Waals surface area contributed by atoms with Crippen LogP contribution in [-0.4, -0.2) is 40.6 Å². The molecular formula is C24H22N2O5. The first-order chi connectivity index (χ1) is 14.8. The van der Waals surface area contributed by atoms with Crippen LogP contribution in [0.4, 0.5) is 5.69 Å². The summed E-state index contributed by atoms with van der Waals surface area (Å²) in [6, 6.07) is 14.6. The number of aliphatic hydroxyl groups excluding tert-OH is 1. The molecule has 1 unspecified atom stereocenters. The summed E-state index contributed by atoms with van der Waals surface area (Å²) >= 11 is 0. The van der Waals surface area contributed by atoms with Gasteiger partial charge in [0, 0.05) is 29.7 Å². The quantitative estimate of drug-likeness (QED) is 0.249. The fourth-order valence-corrected chi connectivity index (χ4v) is 3.58. The Morgan fingerprint density at radius 2 is 1.77 bits per heavy atom. The minimum absolute atomic E-state index is 0.00638. The number of non-ortho nitro benzene ring substituents is 1. The zero-order chi connectivity index (χ0) is 22.6. The molecule has 0 amide bonds. The second-order valence-electron chi connectivity index (χ2n) is 7.44. The SMILES string of the molecule is CN(C)C1(c2ccc([N+](=O)[O-])cc2)C=CC(=CC(=CO)C(=O)c2ccccc2)C(=O)C1. The average molecular weight is 418 g/mol. The van der Waals surface area contributed by atoms with E-state index >= 15 is 0 Å². The van der Waals surface area contributed by atoms with E-state index in [4.69, 9.17) is 0 Å². The molecule has 0 saturated heterocycles. The highest BCUT2D eigenvalue weighted by atomic mass is 16.6. The molecule has 0 fully saturated rings. The maximum atomic E-state index is 13.0. The van der Waals surface area contributed by atoms with E-state index in [9.17, 15) is 24.8 Å². The summed E-state index contributed by atoms with van der Waals surface area (Å²) in [5, 5.41) is 20.5. The number of carbonyl (C=O) groups excluding carboxylic acids is 2. The van der Waals surface area contributed by atoms with Gasteiger partial charge in [0.25, 0.3) is 5.69 Å². The lowest BCUT2D eigenvalue weighted by Gasteiger charge is -2.39. The molecule has 2 aromatic rings. The number of rotatable bonds is 6. The van der Waals surface area contributed by atoms with Gasteiger partial charge in [0.2, 0.25) is 0 Å². The normalized spacial score (nSPS) is 20.3. The van der Waals surface area contributed by atoms with Gasteiger partial charge in [-0.05, 0) is 37.9 Å². The fraction of sp³-hybridized carbons (Fsp3) is 0.167. The molecule has 0 spiro atoms. The van der Waals surface area contributed by atoms with Crippen LogP contribution in [0.1, 0.15) is 22.3 Å². The third kappa shape index (κ3) is 4.36. The number of aliphatic hydroxyl groups is 1. The lowest BCUT2D eigenvalue weighted by atomic mass is 9.77. The molecule has 1 aliphatic carbocycles. The van der Waals surface area contributed by atoms with Crippen LogP contribution in [0.2, 0.25) is 0 Å². The molecular weight excluding hydrogens is 396 g/mol. The Hall–Kier alpha value is -3.84. The Bertz CT molecular complexity index is 1100. The molecule has 0 radical (unpaired) electrons. The smallest absolute Gasteiger partial charge is 0.269 e. The van der Waals surface area contributed by atoms with Crippen LogP contribution in [0.25, 0.3) is 0 Å². The van der Waals surface area contributed by atoms with Crippen molar-refractivity contribution in [3.63, 3.8) is 0 Å². The molecule has 7 nitrogen and oxygen atoms in total. The monoisotopic (exact) mass is 418 g/mol. The van der Waals surface area contributed by atoms with Crippen LogP contribution < -0.4 is 0 Å². The summed E-state index contributed by atoms with van der Waals surface area (Å²) in [7, 11) is 3.65. The number of ketones is 2. The van der Waals surface area contributed by atoms with Gasteiger partial charge in [0.05, 0.1) is 22.3 Å². The highest BCUT2D eigenvalue weighted by Crippen LogP contribution is 2.37. The van der Waals surface area contributed by atoms with Gasteiger partial charge < -0.3 is 5.11 Å². The number of allylic oxidation sites excluding steroid dienone is 4. The van der Waals surface area contributed by atoms with Crippen LogP contribution in [0.5, 0.6) is 0 Å². The topological polar surface area (TPSA) is 101 Å². The van der Waals surface area contributed by atoms with Gasteiger partial charge in [-0.2, -0.15) is 0 Å². The average Bonchev–Trinajstić information content (AvgIpc) is 2.78. The van der Waals surface area contributed by atoms with E-state index in [1.165, 1.54) is 18.2 Å². The Morgan fingerprint density at radius 1 is 1.13 bits per heavy atom. The largest absolute Gasteiger partial charge is 0.515 e. The van der Waals surface area contributed by atoms with Crippen molar-refractivity contribution in [3.05, 3.63) is 111 Å². The molecule has 0 aromatic heterocycles. The number of carbonyl (C=O) groups is 2. The number of benzene rings is 2. The first-order valence-corrected chi connectivity index (χ1v) is 9.59. The molecule has 0 saturated carbocycles. The standard InChI is InChI=1S/C24H22N2O5/c1-25(2)24(20-8-10-21(11-9-20)26(30)31)13-12-18(22(28)15-24)14-19(16-27)23(29)17-6-4-3-5-7-17/h3-14,16,27H,15H2,1-2H3. The molecule has 3 rings (SSSR count). The van der Waals surface area contributed by atoms with Gasteiger partial charge in [-0.1, -0.05) is 42.5 Å². The van der Waals surface area contributed by atoms with Crippen LogP contribution in [0, 0.1) is 10.1 Å². The zero-order valence-corrected chi connectivity index (χ0v) is 17.2. The summed E-state index contributed by atoms with van der Waals surface area (Å²) < 4.78 is 0. The number of nitro groups is 1. The van der Waals surface area contributed by atoms with E-state index in [0.717, 1.165) is 5.56 Å². The highest BCUT2D eigenvalue weighted by Gasteiger charge is 2.38. The van der Waals surface area contributed by atoms with Crippen molar-refractivity contribution in [1.29, 1.82) is 0 Å². The van der Waals surface area contributed by atoms with E-state index in [-0.39, 0.29) is 23.5 Å². The lowest BCUT2D eigenvalue weighted by Crippen LogP contribution is -2.43. The predicted molar refractivity (Wildman–Crippen MR) is 117 cm³/mol. The van der Waals surface area contributed by atoms with Crippen molar-refractivity contribution in [3.8, 4) is 0 Å².